The van der Waals surface area contributed by atoms with Crippen molar-refractivity contribution in [2.75, 3.05) is 5.73 Å². The molecule has 0 saturated heterocycles. The van der Waals surface area contributed by atoms with Gasteiger partial charge in [-0.3, -0.25) is 4.40 Å². The average molecular weight is 215 g/mol. The van der Waals surface area contributed by atoms with Gasteiger partial charge in [0.05, 0.1) is 5.69 Å². The van der Waals surface area contributed by atoms with Crippen molar-refractivity contribution < 1.29 is 0 Å². The second-order valence-electron chi connectivity index (χ2n) is 4.65. The van der Waals surface area contributed by atoms with Gasteiger partial charge in [-0.15, -0.1) is 0 Å². The summed E-state index contributed by atoms with van der Waals surface area (Å²) in [6.45, 7) is 0. The summed E-state index contributed by atoms with van der Waals surface area (Å²) in [6, 6.07) is 6.02. The molecule has 84 valence electrons. The Kier molecular flexibility index (Phi) is 2.31. The third-order valence-corrected chi connectivity index (χ3v) is 3.59. The van der Waals surface area contributed by atoms with Crippen LogP contribution in [0.2, 0.25) is 0 Å². The van der Waals surface area contributed by atoms with Gasteiger partial charge in [0.15, 0.2) is 0 Å². The monoisotopic (exact) mass is 215 g/mol. The number of hydrogen-bond acceptors (Lipinski definition) is 2. The number of imidazole rings is 1. The molecule has 1 fully saturated rings. The molecule has 3 heteroatoms. The van der Waals surface area contributed by atoms with Crippen molar-refractivity contribution in [1.29, 1.82) is 0 Å². The Morgan fingerprint density at radius 2 is 2.00 bits per heavy atom. The third-order valence-electron chi connectivity index (χ3n) is 3.59. The van der Waals surface area contributed by atoms with Crippen LogP contribution in [0.25, 0.3) is 5.65 Å². The largest absolute Gasteiger partial charge is 0.383 e. The fourth-order valence-electron chi connectivity index (χ4n) is 2.71. The summed E-state index contributed by atoms with van der Waals surface area (Å²) >= 11 is 0. The molecule has 16 heavy (non-hydrogen) atoms. The van der Waals surface area contributed by atoms with E-state index in [-0.39, 0.29) is 0 Å². The Bertz CT molecular complexity index is 495. The van der Waals surface area contributed by atoms with Crippen LogP contribution in [0.5, 0.6) is 0 Å². The fourth-order valence-corrected chi connectivity index (χ4v) is 2.71. The molecule has 0 unspecified atom stereocenters. The van der Waals surface area contributed by atoms with Gasteiger partial charge in [0.2, 0.25) is 0 Å². The lowest BCUT2D eigenvalue weighted by Gasteiger charge is -2.20. The van der Waals surface area contributed by atoms with Crippen molar-refractivity contribution in [3.8, 4) is 0 Å². The molecule has 3 rings (SSSR count). The molecule has 0 amide bonds. The molecule has 1 saturated carbocycles. The van der Waals surface area contributed by atoms with Gasteiger partial charge in [-0.2, -0.15) is 0 Å². The first kappa shape index (κ1) is 9.70. The number of pyridine rings is 1. The molecule has 2 aromatic rings. The van der Waals surface area contributed by atoms with E-state index < -0.39 is 0 Å². The highest BCUT2D eigenvalue weighted by atomic mass is 15.1. The summed E-state index contributed by atoms with van der Waals surface area (Å²) in [6.07, 6.45) is 8.48. The molecule has 2 heterocycles. The van der Waals surface area contributed by atoms with Gasteiger partial charge in [0, 0.05) is 12.1 Å². The predicted molar refractivity (Wildman–Crippen MR) is 65.4 cm³/mol. The Morgan fingerprint density at radius 1 is 1.19 bits per heavy atom. The minimum Gasteiger partial charge on any atom is -0.383 e. The van der Waals surface area contributed by atoms with Crippen LogP contribution < -0.4 is 5.73 Å². The van der Waals surface area contributed by atoms with Crippen LogP contribution in [0, 0.1) is 0 Å². The summed E-state index contributed by atoms with van der Waals surface area (Å²) in [7, 11) is 0. The SMILES string of the molecule is Nc1c(C2CCCCC2)nc2ccccn12. The van der Waals surface area contributed by atoms with Crippen LogP contribution >= 0.6 is 0 Å². The van der Waals surface area contributed by atoms with Crippen LogP contribution in [0.15, 0.2) is 24.4 Å². The quantitative estimate of drug-likeness (QED) is 0.794. The van der Waals surface area contributed by atoms with Crippen LogP contribution in [-0.2, 0) is 0 Å². The minimum absolute atomic E-state index is 0.577. The zero-order valence-electron chi connectivity index (χ0n) is 9.39. The van der Waals surface area contributed by atoms with Gasteiger partial charge >= 0.3 is 0 Å². The maximum atomic E-state index is 6.17. The van der Waals surface area contributed by atoms with Gasteiger partial charge < -0.3 is 5.73 Å². The fraction of sp³-hybridized carbons (Fsp3) is 0.462. The second-order valence-corrected chi connectivity index (χ2v) is 4.65. The third kappa shape index (κ3) is 1.47. The van der Waals surface area contributed by atoms with Gasteiger partial charge in [-0.1, -0.05) is 25.3 Å². The Hall–Kier alpha value is -1.51. The van der Waals surface area contributed by atoms with E-state index >= 15 is 0 Å². The number of aromatic nitrogens is 2. The van der Waals surface area contributed by atoms with Crippen LogP contribution in [-0.4, -0.2) is 9.38 Å². The van der Waals surface area contributed by atoms with Crippen molar-refractivity contribution in [2.24, 2.45) is 0 Å². The first-order valence-corrected chi connectivity index (χ1v) is 6.09. The van der Waals surface area contributed by atoms with Gasteiger partial charge in [0.1, 0.15) is 11.5 Å². The zero-order valence-corrected chi connectivity index (χ0v) is 9.39. The summed E-state index contributed by atoms with van der Waals surface area (Å²) in [5, 5.41) is 0. The van der Waals surface area contributed by atoms with Crippen molar-refractivity contribution in [3.63, 3.8) is 0 Å². The van der Waals surface area contributed by atoms with Crippen molar-refractivity contribution in [1.82, 2.24) is 9.38 Å². The van der Waals surface area contributed by atoms with Crippen LogP contribution in [0.1, 0.15) is 43.7 Å². The van der Waals surface area contributed by atoms with Gasteiger partial charge in [0.25, 0.3) is 0 Å². The van der Waals surface area contributed by atoms with E-state index in [1.807, 2.05) is 28.8 Å². The highest BCUT2D eigenvalue weighted by Crippen LogP contribution is 2.35. The topological polar surface area (TPSA) is 43.3 Å². The molecule has 0 aliphatic heterocycles. The Morgan fingerprint density at radius 3 is 2.75 bits per heavy atom. The summed E-state index contributed by atoms with van der Waals surface area (Å²) < 4.78 is 1.99. The zero-order chi connectivity index (χ0) is 11.0. The minimum atomic E-state index is 0.577. The van der Waals surface area contributed by atoms with E-state index in [4.69, 9.17) is 5.73 Å². The second kappa shape index (κ2) is 3.81. The molecule has 1 aliphatic carbocycles. The van der Waals surface area contributed by atoms with E-state index in [0.29, 0.717) is 5.92 Å². The molecule has 1 aliphatic rings. The summed E-state index contributed by atoms with van der Waals surface area (Å²) in [5.41, 5.74) is 8.26. The molecule has 2 N–H and O–H groups in total. The molecule has 0 aromatic carbocycles. The van der Waals surface area contributed by atoms with E-state index in [9.17, 15) is 0 Å². The molecule has 0 bridgehead atoms. The van der Waals surface area contributed by atoms with Gasteiger partial charge in [-0.05, 0) is 25.0 Å². The predicted octanol–water partition coefficient (Wildman–Crippen LogP) is 2.96. The number of nitrogens with zero attached hydrogens (tertiary/aromatic N) is 2. The smallest absolute Gasteiger partial charge is 0.138 e. The normalized spacial score (nSPS) is 18.0. The van der Waals surface area contributed by atoms with E-state index in [1.54, 1.807) is 0 Å². The summed E-state index contributed by atoms with van der Waals surface area (Å²) in [5.74, 6) is 1.41. The van der Waals surface area contributed by atoms with Crippen molar-refractivity contribution in [3.05, 3.63) is 30.1 Å². The highest BCUT2D eigenvalue weighted by Gasteiger charge is 2.21. The molecule has 0 radical (unpaired) electrons. The number of nitrogens with two attached hydrogens (primary N) is 1. The number of nitrogen functional groups attached to an aromatic ring is 1. The summed E-state index contributed by atoms with van der Waals surface area (Å²) in [4.78, 5) is 4.67. The van der Waals surface area contributed by atoms with E-state index in [0.717, 1.165) is 17.2 Å². The Balaban J connectivity index is 2.05. The first-order valence-electron chi connectivity index (χ1n) is 6.09. The lowest BCUT2D eigenvalue weighted by Crippen LogP contribution is -2.07. The number of fused-ring (bicyclic) bond motifs is 1. The molecule has 0 atom stereocenters. The molecule has 2 aromatic heterocycles. The number of anilines is 1. The number of rotatable bonds is 1. The Labute approximate surface area is 95.3 Å². The lowest BCUT2D eigenvalue weighted by molar-refractivity contribution is 0.439. The van der Waals surface area contributed by atoms with Crippen molar-refractivity contribution >= 4 is 11.5 Å². The maximum absolute atomic E-state index is 6.17. The molecule has 3 nitrogen and oxygen atoms in total. The van der Waals surface area contributed by atoms with Crippen LogP contribution in [0.4, 0.5) is 5.82 Å². The van der Waals surface area contributed by atoms with Gasteiger partial charge in [-0.25, -0.2) is 4.98 Å². The van der Waals surface area contributed by atoms with Crippen LogP contribution in [0.3, 0.4) is 0 Å². The van der Waals surface area contributed by atoms with Crippen molar-refractivity contribution in [2.45, 2.75) is 38.0 Å². The average Bonchev–Trinajstić information content (AvgIpc) is 2.69. The van der Waals surface area contributed by atoms with E-state index in [2.05, 4.69) is 4.98 Å². The van der Waals surface area contributed by atoms with E-state index in [1.165, 1.54) is 32.1 Å². The highest BCUT2D eigenvalue weighted by molar-refractivity contribution is 5.53. The maximum Gasteiger partial charge on any atom is 0.138 e. The molecule has 0 spiro atoms. The number of hydrogen-bond donors (Lipinski definition) is 1. The standard InChI is InChI=1S/C13H17N3/c14-13-12(10-6-2-1-3-7-10)15-11-8-4-5-9-16(11)13/h4-5,8-10H,1-3,6-7,14H2. The molecular formula is C13H17N3. The first-order chi connectivity index (χ1) is 7.86. The molecular weight excluding hydrogens is 198 g/mol. The lowest BCUT2D eigenvalue weighted by atomic mass is 9.87.